The van der Waals surface area contributed by atoms with Crippen molar-refractivity contribution in [3.63, 3.8) is 0 Å². The van der Waals surface area contributed by atoms with Gasteiger partial charge in [0.1, 0.15) is 18.2 Å². The summed E-state index contributed by atoms with van der Waals surface area (Å²) in [6.07, 6.45) is 0.468. The van der Waals surface area contributed by atoms with Crippen LogP contribution in [-0.4, -0.2) is 27.9 Å². The molecule has 0 saturated carbocycles. The molecule has 162 valence electrons. The molecule has 0 bridgehead atoms. The van der Waals surface area contributed by atoms with Gasteiger partial charge >= 0.3 is 0 Å². The molecule has 0 spiro atoms. The first-order valence-electron chi connectivity index (χ1n) is 10.3. The minimum atomic E-state index is -0.362. The number of hydrogen-bond acceptors (Lipinski definition) is 3. The van der Waals surface area contributed by atoms with E-state index in [-0.39, 0.29) is 24.2 Å². The number of para-hydroxylation sites is 2. The standard InChI is InChI=1S/C25H23FN4O2/c1-17-6-2-3-7-20(17)25(32)27-15-14-23-29-21-8-4-5-9-22(21)30(23)16-24(31)28-19-12-10-18(26)11-13-19/h2-13H,14-16H2,1H3,(H,27,32)(H,28,31). The molecule has 32 heavy (non-hydrogen) atoms. The molecule has 0 atom stereocenters. The molecule has 0 fully saturated rings. The number of carbonyl (C=O) groups is 2. The normalized spacial score (nSPS) is 10.8. The van der Waals surface area contributed by atoms with Crippen molar-refractivity contribution < 1.29 is 14.0 Å². The number of fused-ring (bicyclic) bond motifs is 1. The van der Waals surface area contributed by atoms with E-state index in [9.17, 15) is 14.0 Å². The number of nitrogens with zero attached hydrogens (tertiary/aromatic N) is 2. The maximum atomic E-state index is 13.1. The number of anilines is 1. The molecular formula is C25H23FN4O2. The van der Waals surface area contributed by atoms with Gasteiger partial charge in [-0.3, -0.25) is 9.59 Å². The van der Waals surface area contributed by atoms with Crippen LogP contribution in [0, 0.1) is 12.7 Å². The van der Waals surface area contributed by atoms with Gasteiger partial charge in [-0.15, -0.1) is 0 Å². The van der Waals surface area contributed by atoms with Gasteiger partial charge in [-0.05, 0) is 55.0 Å². The number of halogens is 1. The number of rotatable bonds is 7. The molecule has 1 aromatic heterocycles. The van der Waals surface area contributed by atoms with Gasteiger partial charge < -0.3 is 15.2 Å². The summed E-state index contributed by atoms with van der Waals surface area (Å²) < 4.78 is 14.9. The van der Waals surface area contributed by atoms with Crippen LogP contribution in [0.5, 0.6) is 0 Å². The zero-order chi connectivity index (χ0) is 22.5. The predicted octanol–water partition coefficient (Wildman–Crippen LogP) is 4.10. The maximum Gasteiger partial charge on any atom is 0.251 e. The van der Waals surface area contributed by atoms with Gasteiger partial charge in [0, 0.05) is 24.2 Å². The van der Waals surface area contributed by atoms with Crippen molar-refractivity contribution in [2.75, 3.05) is 11.9 Å². The summed E-state index contributed by atoms with van der Waals surface area (Å²) in [5, 5.41) is 5.71. The lowest BCUT2D eigenvalue weighted by Gasteiger charge is -2.11. The minimum Gasteiger partial charge on any atom is -0.352 e. The zero-order valence-electron chi connectivity index (χ0n) is 17.6. The largest absolute Gasteiger partial charge is 0.352 e. The van der Waals surface area contributed by atoms with Gasteiger partial charge in [0.2, 0.25) is 5.91 Å². The van der Waals surface area contributed by atoms with Crippen LogP contribution >= 0.6 is 0 Å². The Morgan fingerprint density at radius 2 is 1.69 bits per heavy atom. The van der Waals surface area contributed by atoms with Crippen molar-refractivity contribution in [3.05, 3.63) is 95.6 Å². The minimum absolute atomic E-state index is 0.0545. The van der Waals surface area contributed by atoms with Crippen LogP contribution in [0.25, 0.3) is 11.0 Å². The molecule has 0 saturated heterocycles. The van der Waals surface area contributed by atoms with Crippen LogP contribution < -0.4 is 10.6 Å². The lowest BCUT2D eigenvalue weighted by atomic mass is 10.1. The molecule has 0 aliphatic carbocycles. The van der Waals surface area contributed by atoms with E-state index >= 15 is 0 Å². The van der Waals surface area contributed by atoms with E-state index in [2.05, 4.69) is 15.6 Å². The Balaban J connectivity index is 1.47. The molecule has 4 aromatic rings. The van der Waals surface area contributed by atoms with Crippen molar-refractivity contribution in [3.8, 4) is 0 Å². The lowest BCUT2D eigenvalue weighted by molar-refractivity contribution is -0.116. The Labute approximate surface area is 185 Å². The summed E-state index contributed by atoms with van der Waals surface area (Å²) in [5.74, 6) is -0.0473. The van der Waals surface area contributed by atoms with Gasteiger partial charge in [-0.25, -0.2) is 9.37 Å². The van der Waals surface area contributed by atoms with Crippen molar-refractivity contribution >= 4 is 28.5 Å². The average molecular weight is 430 g/mol. The number of aryl methyl sites for hydroxylation is 1. The number of nitrogens with one attached hydrogen (secondary N) is 2. The van der Waals surface area contributed by atoms with Crippen molar-refractivity contribution in [1.82, 2.24) is 14.9 Å². The van der Waals surface area contributed by atoms with Crippen molar-refractivity contribution in [2.45, 2.75) is 19.9 Å². The van der Waals surface area contributed by atoms with Gasteiger partial charge in [-0.2, -0.15) is 0 Å². The van der Waals surface area contributed by atoms with E-state index in [1.165, 1.54) is 24.3 Å². The molecule has 3 aromatic carbocycles. The fraction of sp³-hybridized carbons (Fsp3) is 0.160. The third-order valence-electron chi connectivity index (χ3n) is 5.19. The number of carbonyl (C=O) groups excluding carboxylic acids is 2. The predicted molar refractivity (Wildman–Crippen MR) is 122 cm³/mol. The molecule has 1 heterocycles. The second kappa shape index (κ2) is 9.43. The Kier molecular flexibility index (Phi) is 6.26. The SMILES string of the molecule is Cc1ccccc1C(=O)NCCc1nc2ccccc2n1CC(=O)Nc1ccc(F)cc1. The highest BCUT2D eigenvalue weighted by molar-refractivity contribution is 5.95. The highest BCUT2D eigenvalue weighted by Gasteiger charge is 2.15. The first-order chi connectivity index (χ1) is 15.5. The van der Waals surface area contributed by atoms with Gasteiger partial charge in [0.05, 0.1) is 11.0 Å². The molecule has 0 aliphatic rings. The summed E-state index contributed by atoms with van der Waals surface area (Å²) >= 11 is 0. The van der Waals surface area contributed by atoms with Crippen LogP contribution in [-0.2, 0) is 17.8 Å². The number of amides is 2. The first-order valence-corrected chi connectivity index (χ1v) is 10.3. The Hall–Kier alpha value is -4.00. The fourth-order valence-corrected chi connectivity index (χ4v) is 3.58. The number of imidazole rings is 1. The van der Waals surface area contributed by atoms with Gasteiger partial charge in [0.25, 0.3) is 5.91 Å². The van der Waals surface area contributed by atoms with Gasteiger partial charge in [0.15, 0.2) is 0 Å². The summed E-state index contributed by atoms with van der Waals surface area (Å²) in [6, 6.07) is 20.6. The van der Waals surface area contributed by atoms with E-state index in [0.717, 1.165) is 16.6 Å². The Morgan fingerprint density at radius 3 is 2.47 bits per heavy atom. The van der Waals surface area contributed by atoms with E-state index in [1.54, 1.807) is 6.07 Å². The zero-order valence-corrected chi connectivity index (χ0v) is 17.6. The molecule has 7 heteroatoms. The second-order valence-corrected chi connectivity index (χ2v) is 7.48. The van der Waals surface area contributed by atoms with Gasteiger partial charge in [-0.1, -0.05) is 30.3 Å². The molecule has 0 aliphatic heterocycles. The van der Waals surface area contributed by atoms with Crippen LogP contribution in [0.1, 0.15) is 21.7 Å². The highest BCUT2D eigenvalue weighted by Crippen LogP contribution is 2.17. The number of benzene rings is 3. The number of hydrogen-bond donors (Lipinski definition) is 2. The van der Waals surface area contributed by atoms with E-state index in [0.29, 0.717) is 30.0 Å². The lowest BCUT2D eigenvalue weighted by Crippen LogP contribution is -2.27. The van der Waals surface area contributed by atoms with E-state index in [1.807, 2.05) is 54.0 Å². The molecule has 2 N–H and O–H groups in total. The molecule has 0 unspecified atom stereocenters. The summed E-state index contributed by atoms with van der Waals surface area (Å²) in [4.78, 5) is 29.8. The molecular weight excluding hydrogens is 407 g/mol. The Bertz CT molecular complexity index is 1260. The quantitative estimate of drug-likeness (QED) is 0.464. The van der Waals surface area contributed by atoms with Crippen molar-refractivity contribution in [1.29, 1.82) is 0 Å². The molecule has 2 amide bonds. The Morgan fingerprint density at radius 1 is 0.969 bits per heavy atom. The molecule has 6 nitrogen and oxygen atoms in total. The molecule has 4 rings (SSSR count). The number of aromatic nitrogens is 2. The van der Waals surface area contributed by atoms with Crippen LogP contribution in [0.15, 0.2) is 72.8 Å². The summed E-state index contributed by atoms with van der Waals surface area (Å²) in [7, 11) is 0. The third kappa shape index (κ3) is 4.83. The molecule has 0 radical (unpaired) electrons. The van der Waals surface area contributed by atoms with Crippen LogP contribution in [0.3, 0.4) is 0 Å². The first kappa shape index (κ1) is 21.2. The summed E-state index contributed by atoms with van der Waals surface area (Å²) in [6.45, 7) is 2.34. The monoisotopic (exact) mass is 430 g/mol. The smallest absolute Gasteiger partial charge is 0.251 e. The van der Waals surface area contributed by atoms with E-state index < -0.39 is 0 Å². The third-order valence-corrected chi connectivity index (χ3v) is 5.19. The van der Waals surface area contributed by atoms with Crippen LogP contribution in [0.2, 0.25) is 0 Å². The summed E-state index contributed by atoms with van der Waals surface area (Å²) in [5.41, 5.74) is 3.69. The highest BCUT2D eigenvalue weighted by atomic mass is 19.1. The van der Waals surface area contributed by atoms with E-state index in [4.69, 9.17) is 0 Å². The van der Waals surface area contributed by atoms with Crippen molar-refractivity contribution in [2.24, 2.45) is 0 Å². The topological polar surface area (TPSA) is 76.0 Å². The fourth-order valence-electron chi connectivity index (χ4n) is 3.58. The second-order valence-electron chi connectivity index (χ2n) is 7.48. The maximum absolute atomic E-state index is 13.1. The van der Waals surface area contributed by atoms with Crippen LogP contribution in [0.4, 0.5) is 10.1 Å². The average Bonchev–Trinajstić information content (AvgIpc) is 3.13.